The van der Waals surface area contributed by atoms with Crippen molar-refractivity contribution in [2.75, 3.05) is 72.6 Å². The molecular formula is C36H46ClN5O8S. The standard InChI is InChI=1S/C36H46ClN5O8S/c1-47-30-12-9-25(37)17-28(30)36(44)41-13-5-6-15-42(51(45,46)26-10-11-26)21-24-16-27-29(18-31(48-2)34(50-4)33(27)49-3)39-35(24)40-14-7-8-23(20-40)19-38-32(43)22-41/h9,12,16-18,23,26H,5-8,10-11,13-15,19-22H2,1-4H3,(H,38,43). The Labute approximate surface area is 304 Å². The van der Waals surface area contributed by atoms with Crippen molar-refractivity contribution in [2.24, 2.45) is 5.92 Å². The average Bonchev–Trinajstić information content (AvgIpc) is 4.00. The van der Waals surface area contributed by atoms with E-state index in [1.807, 2.05) is 12.1 Å². The number of rotatable bonds is 7. The molecule has 3 aromatic rings. The minimum Gasteiger partial charge on any atom is -0.496 e. The zero-order valence-corrected chi connectivity index (χ0v) is 31.1. The molecule has 1 unspecified atom stereocenters. The van der Waals surface area contributed by atoms with Crippen molar-refractivity contribution in [3.05, 3.63) is 46.5 Å². The molecule has 15 heteroatoms. The Kier molecular flexibility index (Phi) is 11.3. The maximum atomic E-state index is 14.0. The summed E-state index contributed by atoms with van der Waals surface area (Å²) in [5.74, 6) is 1.84. The Balaban J connectivity index is 1.39. The monoisotopic (exact) mass is 743 g/mol. The van der Waals surface area contributed by atoms with Crippen LogP contribution in [0.5, 0.6) is 23.0 Å². The predicted octanol–water partition coefficient (Wildman–Crippen LogP) is 4.49. The third kappa shape index (κ3) is 7.92. The average molecular weight is 744 g/mol. The van der Waals surface area contributed by atoms with E-state index in [4.69, 9.17) is 35.5 Å². The smallest absolute Gasteiger partial charge is 0.258 e. The minimum absolute atomic E-state index is 0.101. The number of carbonyl (C=O) groups is 2. The first-order valence-electron chi connectivity index (χ1n) is 17.3. The molecule has 1 saturated carbocycles. The van der Waals surface area contributed by atoms with Gasteiger partial charge in [-0.2, -0.15) is 4.31 Å². The molecule has 1 N–H and O–H groups in total. The highest BCUT2D eigenvalue weighted by atomic mass is 35.5. The van der Waals surface area contributed by atoms with Crippen molar-refractivity contribution in [1.82, 2.24) is 19.5 Å². The number of sulfonamides is 1. The molecule has 1 saturated heterocycles. The molecule has 3 heterocycles. The first-order chi connectivity index (χ1) is 24.6. The maximum absolute atomic E-state index is 14.0. The van der Waals surface area contributed by atoms with Crippen molar-refractivity contribution in [2.45, 2.75) is 50.3 Å². The summed E-state index contributed by atoms with van der Waals surface area (Å²) < 4.78 is 52.0. The lowest BCUT2D eigenvalue weighted by molar-refractivity contribution is -0.122. The lowest BCUT2D eigenvalue weighted by Crippen LogP contribution is -2.46. The van der Waals surface area contributed by atoms with Gasteiger partial charge in [0.25, 0.3) is 5.91 Å². The molecule has 0 spiro atoms. The topological polar surface area (TPSA) is 140 Å². The molecule has 276 valence electrons. The molecular weight excluding hydrogens is 698 g/mol. The van der Waals surface area contributed by atoms with Crippen LogP contribution in [0, 0.1) is 5.92 Å². The van der Waals surface area contributed by atoms with Crippen LogP contribution in [0.25, 0.3) is 10.9 Å². The number of fused-ring (bicyclic) bond motifs is 5. The molecule has 2 fully saturated rings. The second-order valence-electron chi connectivity index (χ2n) is 13.3. The van der Waals surface area contributed by atoms with Crippen LogP contribution in [0.1, 0.15) is 54.4 Å². The third-order valence-corrected chi connectivity index (χ3v) is 12.4. The van der Waals surface area contributed by atoms with E-state index in [1.54, 1.807) is 37.8 Å². The number of aromatic nitrogens is 1. The molecule has 2 aromatic carbocycles. The molecule has 1 atom stereocenters. The van der Waals surface area contributed by atoms with Gasteiger partial charge in [0.05, 0.1) is 51.3 Å². The van der Waals surface area contributed by atoms with Crippen molar-refractivity contribution in [1.29, 1.82) is 0 Å². The molecule has 1 aliphatic carbocycles. The van der Waals surface area contributed by atoms with Crippen molar-refractivity contribution in [3.63, 3.8) is 0 Å². The number of anilines is 1. The number of halogens is 1. The van der Waals surface area contributed by atoms with Crippen LogP contribution in [0.4, 0.5) is 5.82 Å². The van der Waals surface area contributed by atoms with Crippen LogP contribution in [0.2, 0.25) is 5.02 Å². The number of nitrogens with one attached hydrogen (secondary N) is 1. The van der Waals surface area contributed by atoms with Crippen LogP contribution in [0.15, 0.2) is 30.3 Å². The van der Waals surface area contributed by atoms with Gasteiger partial charge in [0, 0.05) is 61.3 Å². The van der Waals surface area contributed by atoms with Gasteiger partial charge in [-0.1, -0.05) is 11.6 Å². The SMILES string of the molecule is COc1ccc(Cl)cc1C(=O)N1CCCCN(S(=O)(=O)C2CC2)Cc2cc3c(OC)c(OC)c(OC)cc3nc2N2CCCC(CNC(=O)C1)C2. The summed E-state index contributed by atoms with van der Waals surface area (Å²) >= 11 is 6.25. The zero-order chi connectivity index (χ0) is 36.3. The highest BCUT2D eigenvalue weighted by Crippen LogP contribution is 2.45. The fourth-order valence-electron chi connectivity index (χ4n) is 7.05. The van der Waals surface area contributed by atoms with Crippen molar-refractivity contribution >= 4 is 50.2 Å². The van der Waals surface area contributed by atoms with E-state index < -0.39 is 15.3 Å². The fraction of sp³-hybridized carbons (Fsp3) is 0.528. The normalized spacial score (nSPS) is 19.6. The van der Waals surface area contributed by atoms with Gasteiger partial charge in [0.15, 0.2) is 11.5 Å². The van der Waals surface area contributed by atoms with Crippen LogP contribution in [-0.2, 0) is 21.4 Å². The van der Waals surface area contributed by atoms with Crippen LogP contribution >= 0.6 is 11.6 Å². The number of piperidine rings is 1. The highest BCUT2D eigenvalue weighted by Gasteiger charge is 2.40. The van der Waals surface area contributed by atoms with Gasteiger partial charge in [-0.15, -0.1) is 0 Å². The van der Waals surface area contributed by atoms with Gasteiger partial charge < -0.3 is 34.1 Å². The molecule has 2 aliphatic heterocycles. The second-order valence-corrected chi connectivity index (χ2v) is 15.9. The van der Waals surface area contributed by atoms with E-state index >= 15 is 0 Å². The fourth-order valence-corrected chi connectivity index (χ4v) is 9.08. The molecule has 2 amide bonds. The molecule has 2 bridgehead atoms. The summed E-state index contributed by atoms with van der Waals surface area (Å²) in [5, 5.41) is 3.70. The molecule has 1 aromatic heterocycles. The quantitative estimate of drug-likeness (QED) is 0.369. The lowest BCUT2D eigenvalue weighted by atomic mass is 9.97. The molecule has 51 heavy (non-hydrogen) atoms. The molecule has 3 aliphatic rings. The first kappa shape index (κ1) is 36.8. The van der Waals surface area contributed by atoms with E-state index in [0.717, 1.165) is 24.9 Å². The van der Waals surface area contributed by atoms with Gasteiger partial charge in [-0.05, 0) is 68.7 Å². The Morgan fingerprint density at radius 1 is 0.882 bits per heavy atom. The summed E-state index contributed by atoms with van der Waals surface area (Å²) in [6.45, 7) is 2.18. The summed E-state index contributed by atoms with van der Waals surface area (Å²) in [5.41, 5.74) is 1.64. The molecule has 13 nitrogen and oxygen atoms in total. The van der Waals surface area contributed by atoms with Crippen molar-refractivity contribution < 1.29 is 37.0 Å². The van der Waals surface area contributed by atoms with E-state index in [-0.39, 0.29) is 49.5 Å². The number of hydrogen-bond donors (Lipinski definition) is 1. The number of benzene rings is 2. The van der Waals surface area contributed by atoms with Crippen LogP contribution in [-0.4, -0.2) is 107 Å². The summed E-state index contributed by atoms with van der Waals surface area (Å²) in [7, 11) is 2.50. The number of ether oxygens (including phenoxy) is 4. The zero-order valence-electron chi connectivity index (χ0n) is 29.6. The van der Waals surface area contributed by atoms with E-state index in [1.165, 1.54) is 18.1 Å². The van der Waals surface area contributed by atoms with E-state index in [9.17, 15) is 18.0 Å². The number of amides is 2. The number of pyridine rings is 1. The van der Waals surface area contributed by atoms with Gasteiger partial charge >= 0.3 is 0 Å². The number of methoxy groups -OCH3 is 4. The van der Waals surface area contributed by atoms with Crippen LogP contribution < -0.4 is 29.2 Å². The third-order valence-electron chi connectivity index (χ3n) is 9.84. The summed E-state index contributed by atoms with van der Waals surface area (Å²) in [4.78, 5) is 36.0. The highest BCUT2D eigenvalue weighted by molar-refractivity contribution is 7.90. The van der Waals surface area contributed by atoms with Gasteiger partial charge in [0.2, 0.25) is 21.7 Å². The largest absolute Gasteiger partial charge is 0.496 e. The number of nitrogens with zero attached hydrogens (tertiary/aromatic N) is 4. The molecule has 0 radical (unpaired) electrons. The Bertz CT molecular complexity index is 1890. The summed E-state index contributed by atoms with van der Waals surface area (Å²) in [6.07, 6.45) is 3.92. The lowest BCUT2D eigenvalue weighted by Gasteiger charge is -2.36. The molecule has 6 rings (SSSR count). The van der Waals surface area contributed by atoms with Gasteiger partial charge in [0.1, 0.15) is 11.6 Å². The van der Waals surface area contributed by atoms with Gasteiger partial charge in [-0.25, -0.2) is 13.4 Å². The maximum Gasteiger partial charge on any atom is 0.258 e. The Morgan fingerprint density at radius 2 is 1.63 bits per heavy atom. The van der Waals surface area contributed by atoms with Crippen LogP contribution in [0.3, 0.4) is 0 Å². The second kappa shape index (κ2) is 15.7. The van der Waals surface area contributed by atoms with E-state index in [2.05, 4.69) is 10.2 Å². The minimum atomic E-state index is -3.62. The number of carbonyl (C=O) groups excluding carboxylic acids is 2. The Morgan fingerprint density at radius 3 is 2.33 bits per heavy atom. The van der Waals surface area contributed by atoms with Gasteiger partial charge in [-0.3, -0.25) is 9.59 Å². The summed E-state index contributed by atoms with van der Waals surface area (Å²) in [6, 6.07) is 8.57. The Hall–Kier alpha value is -4.01. The van der Waals surface area contributed by atoms with Crippen molar-refractivity contribution in [3.8, 4) is 23.0 Å². The number of hydrogen-bond acceptors (Lipinski definition) is 10. The predicted molar refractivity (Wildman–Crippen MR) is 195 cm³/mol. The van der Waals surface area contributed by atoms with E-state index in [0.29, 0.717) is 83.5 Å². The first-order valence-corrected chi connectivity index (χ1v) is 19.2.